The third-order valence-corrected chi connectivity index (χ3v) is 13.7. The van der Waals surface area contributed by atoms with Crippen molar-refractivity contribution in [3.63, 3.8) is 0 Å². The number of halogens is 6. The second kappa shape index (κ2) is 46.1. The van der Waals surface area contributed by atoms with Gasteiger partial charge in [-0.3, -0.25) is 0 Å². The van der Waals surface area contributed by atoms with E-state index in [1.165, 1.54) is 83.9 Å². The molecular weight excluding hydrogens is 1680 g/mol. The number of thiophene rings is 6. The topological polar surface area (TPSA) is 446 Å². The van der Waals surface area contributed by atoms with Crippen LogP contribution in [-0.2, 0) is 21.9 Å². The van der Waals surface area contributed by atoms with Crippen molar-refractivity contribution >= 4 is 173 Å². The molecule has 0 saturated heterocycles. The normalized spacial score (nSPS) is 8.46. The van der Waals surface area contributed by atoms with Gasteiger partial charge in [-0.25, -0.2) is 9.97 Å². The van der Waals surface area contributed by atoms with Crippen molar-refractivity contribution in [2.45, 2.75) is 0 Å². The Kier molecular flexibility index (Phi) is 52.8. The van der Waals surface area contributed by atoms with Crippen molar-refractivity contribution in [1.29, 1.82) is 0 Å². The molecule has 0 bridgehead atoms. The Morgan fingerprint density at radius 1 is 0.297 bits per heavy atom. The fourth-order valence-electron chi connectivity index (χ4n) is 3.70. The van der Waals surface area contributed by atoms with Crippen molar-refractivity contribution in [3.8, 4) is 11.1 Å². The van der Waals surface area contributed by atoms with Gasteiger partial charge in [0.1, 0.15) is 0 Å². The maximum atomic E-state index is 10.1. The number of pyridine rings is 2. The van der Waals surface area contributed by atoms with Crippen molar-refractivity contribution < 1.29 is 164 Å². The van der Waals surface area contributed by atoms with Crippen molar-refractivity contribution in [3.05, 3.63) is 177 Å². The monoisotopic (exact) mass is 1700 g/mol. The van der Waals surface area contributed by atoms with Crippen molar-refractivity contribution in [1.82, 2.24) is 0 Å². The number of hydrogen-bond donors (Lipinski definition) is 0. The SMILES string of the molecule is O.O.O=C([O-])c1ccc(Cl)s1.O=C([O-])c1ccc(Cl)s1.O=C([O-])c1ccc(Cl)s1.O=C([O-])c1ccc(Cl)s1.O=C([O-])c1ccc(Cl)s1.O=C([O-])c1ccc(Cl)s1.[O-2].[O-2].[O-2].[O-2].[U].[U].c1cc(-c2cc[nH+]cc2)cc[nH+]1. The molecule has 0 aliphatic heterocycles. The number of carbonyl (C=O) groups excluding carboxylic acids is 6. The molecule has 0 unspecified atom stereocenters. The molecule has 0 spiro atoms. The minimum absolute atomic E-state index is 0. The van der Waals surface area contributed by atoms with E-state index in [2.05, 4.69) is 34.2 Å². The third kappa shape index (κ3) is 35.3. The van der Waals surface area contributed by atoms with Crippen molar-refractivity contribution in [2.75, 3.05) is 0 Å². The standard InChI is InChI=1S/C10H8N2.6C5H3ClO2S.2H2O.4O.2U/c1-5-11-6-2-9(1)10-3-7-12-8-4-10;6*6-4-2-1-3(9-4)5(7)8;;;;;;;;/h1-8H;6*1-2H,(H,7,8);2*1H2;;;;;;/q;;;;;;;;;4*-2;;/p-4. The maximum absolute atomic E-state index is 10.1. The van der Waals surface area contributed by atoms with Gasteiger partial charge in [0.2, 0.25) is 0 Å². The Labute approximate surface area is 520 Å². The molecule has 0 radical (unpaired) electrons. The first-order chi connectivity index (χ1) is 31.2. The van der Waals surface area contributed by atoms with E-state index >= 15 is 0 Å². The maximum Gasteiger partial charge on any atom is 0.167 e. The second-order valence-electron chi connectivity index (χ2n) is 10.9. The number of carboxylic acids is 6. The summed E-state index contributed by atoms with van der Waals surface area (Å²) in [5, 5.41) is 60.3. The number of H-pyrrole nitrogens is 2. The third-order valence-electron chi connectivity index (χ3n) is 6.42. The summed E-state index contributed by atoms with van der Waals surface area (Å²) in [6.45, 7) is 0. The largest absolute Gasteiger partial charge is 2.00 e. The van der Waals surface area contributed by atoms with E-state index < -0.39 is 35.8 Å². The first-order valence-corrected chi connectivity index (χ1v) is 24.1. The predicted octanol–water partition coefficient (Wildman–Crippen LogP) is 3.45. The zero-order chi connectivity index (χ0) is 49.3. The first kappa shape index (κ1) is 84.9. The molecule has 0 fully saturated rings. The van der Waals surface area contributed by atoms with E-state index in [-0.39, 0.29) is 124 Å². The number of rotatable bonds is 7. The predicted molar refractivity (Wildman–Crippen MR) is 257 cm³/mol. The van der Waals surface area contributed by atoms with Gasteiger partial charge in [0.25, 0.3) is 0 Å². The van der Waals surface area contributed by atoms with Gasteiger partial charge in [-0.1, -0.05) is 69.6 Å². The Morgan fingerprint density at radius 2 is 0.432 bits per heavy atom. The Morgan fingerprint density at radius 3 is 0.514 bits per heavy atom. The Hall–Kier alpha value is -3.08. The van der Waals surface area contributed by atoms with Gasteiger partial charge in [0, 0.05) is 86.5 Å². The summed E-state index contributed by atoms with van der Waals surface area (Å²) in [5.74, 6) is -7.05. The Balaban J connectivity index is -0.000000139. The number of carbonyl (C=O) groups is 6. The van der Waals surface area contributed by atoms with Crippen LogP contribution in [0.4, 0.5) is 0 Å². The van der Waals surface area contributed by atoms with Crippen LogP contribution < -0.4 is 40.6 Å². The van der Waals surface area contributed by atoms with Crippen LogP contribution in [0.25, 0.3) is 11.1 Å². The van der Waals surface area contributed by atoms with E-state index in [1.807, 2.05) is 24.8 Å². The van der Waals surface area contributed by atoms with Crippen LogP contribution in [0.15, 0.2) is 122 Å². The minimum Gasteiger partial charge on any atom is -2.00 e. The molecule has 6 N–H and O–H groups in total. The van der Waals surface area contributed by atoms with Crippen LogP contribution in [0, 0.1) is 62.2 Å². The van der Waals surface area contributed by atoms with Gasteiger partial charge < -0.3 is 92.3 Å². The van der Waals surface area contributed by atoms with Gasteiger partial charge >= 0.3 is 0 Å². The van der Waals surface area contributed by atoms with E-state index in [0.717, 1.165) is 68.0 Å². The number of aromatic amines is 2. The molecule has 0 aliphatic rings. The average Bonchev–Trinajstić information content (AvgIpc) is 4.15. The average molecular weight is 1700 g/mol. The van der Waals surface area contributed by atoms with Gasteiger partial charge in [-0.05, 0) is 83.9 Å². The molecule has 402 valence electrons. The molecule has 0 amide bonds. The minimum atomic E-state index is -1.17. The van der Waals surface area contributed by atoms with Crippen LogP contribution in [0.1, 0.15) is 58.0 Å². The number of aromatic nitrogens is 2. The molecule has 0 aliphatic carbocycles. The molecule has 8 aromatic heterocycles. The molecule has 0 aromatic carbocycles. The summed E-state index contributed by atoms with van der Waals surface area (Å²) >= 11 is 38.6. The van der Waals surface area contributed by atoms with Crippen LogP contribution in [0.5, 0.6) is 0 Å². The molecule has 34 heteroatoms. The summed E-state index contributed by atoms with van der Waals surface area (Å²) < 4.78 is 2.80. The first-order valence-electron chi connectivity index (χ1n) is 16.9. The summed E-state index contributed by atoms with van der Waals surface area (Å²) in [5.41, 5.74) is 2.45. The molecule has 74 heavy (non-hydrogen) atoms. The van der Waals surface area contributed by atoms with Crippen LogP contribution in [0.3, 0.4) is 0 Å². The Bertz CT molecular complexity index is 2390. The van der Waals surface area contributed by atoms with Gasteiger partial charge in [-0.2, -0.15) is 0 Å². The molecule has 8 heterocycles. The smallest absolute Gasteiger partial charge is 0.167 e. The number of hydrogen-bond acceptors (Lipinski definition) is 18. The zero-order valence-electron chi connectivity index (χ0n) is 35.8. The van der Waals surface area contributed by atoms with Gasteiger partial charge in [0.05, 0.1) is 91.1 Å². The van der Waals surface area contributed by atoms with E-state index in [1.54, 1.807) is 0 Å². The molecule has 0 atom stereocenters. The summed E-state index contributed by atoms with van der Waals surface area (Å²) in [6, 6.07) is 25.9. The molecule has 8 rings (SSSR count). The van der Waals surface area contributed by atoms with E-state index in [9.17, 15) is 59.4 Å². The summed E-state index contributed by atoms with van der Waals surface area (Å²) in [4.78, 5) is 67.3. The van der Waals surface area contributed by atoms with Gasteiger partial charge in [0.15, 0.2) is 24.8 Å². The van der Waals surface area contributed by atoms with Crippen molar-refractivity contribution in [2.24, 2.45) is 0 Å². The molecule has 8 aromatic rings. The summed E-state index contributed by atoms with van der Waals surface area (Å²) in [7, 11) is 0. The second-order valence-corrected chi connectivity index (χ2v) is 21.2. The van der Waals surface area contributed by atoms with Crippen LogP contribution in [0.2, 0.25) is 26.0 Å². The number of carboxylic acid groups (broad SMARTS) is 6. The van der Waals surface area contributed by atoms with Crippen LogP contribution in [-0.4, -0.2) is 46.8 Å². The fraction of sp³-hybridized carbons (Fsp3) is 0. The van der Waals surface area contributed by atoms with E-state index in [4.69, 9.17) is 69.6 Å². The fourth-order valence-corrected chi connectivity index (χ4v) is 8.97. The molecule has 0 saturated carbocycles. The number of aromatic carboxylic acids is 6. The van der Waals surface area contributed by atoms with Gasteiger partial charge in [-0.15, -0.1) is 68.0 Å². The number of nitrogens with one attached hydrogen (secondary N) is 2. The molecule has 20 nitrogen and oxygen atoms in total. The van der Waals surface area contributed by atoms with E-state index in [0.29, 0.717) is 26.0 Å². The quantitative estimate of drug-likeness (QED) is 0.221. The summed E-state index contributed by atoms with van der Waals surface area (Å²) in [6.07, 6.45) is 7.69. The van der Waals surface area contributed by atoms with Crippen LogP contribution >= 0.6 is 138 Å². The molecular formula is C40H26Cl6N2O18S6U2-12. The zero-order valence-corrected chi connectivity index (χ0v) is 53.6.